The molecule has 1 saturated heterocycles. The van der Waals surface area contributed by atoms with Gasteiger partial charge >= 0.3 is 0 Å². The molecule has 1 fully saturated rings. The van der Waals surface area contributed by atoms with Crippen molar-refractivity contribution in [1.82, 2.24) is 0 Å². The topological polar surface area (TPSA) is 61.5 Å². The molecular weight excluding hydrogens is 262 g/mol. The Morgan fingerprint density at radius 2 is 2.16 bits per heavy atom. The third-order valence-corrected chi connectivity index (χ3v) is 5.23. The Morgan fingerprint density at radius 3 is 2.79 bits per heavy atom. The molecule has 0 aromatic heterocycles. The van der Waals surface area contributed by atoms with E-state index in [0.717, 1.165) is 42.9 Å². The van der Waals surface area contributed by atoms with Crippen LogP contribution in [0.2, 0.25) is 0 Å². The molecule has 2 N–H and O–H groups in total. The molecule has 1 atom stereocenters. The van der Waals surface area contributed by atoms with Crippen molar-refractivity contribution in [1.29, 1.82) is 0 Å². The van der Waals surface area contributed by atoms with Crippen LogP contribution in [-0.2, 0) is 27.8 Å². The minimum atomic E-state index is -0.880. The molecule has 1 aromatic carbocycles. The Labute approximate surface area is 116 Å². The molecule has 0 amide bonds. The fraction of sp³-hybridized carbons (Fsp3) is 0.571. The van der Waals surface area contributed by atoms with Gasteiger partial charge in [-0.2, -0.15) is 0 Å². The zero-order chi connectivity index (χ0) is 13.7. The van der Waals surface area contributed by atoms with Crippen molar-refractivity contribution in [2.75, 3.05) is 20.3 Å². The highest BCUT2D eigenvalue weighted by Gasteiger charge is 2.21. The molecule has 0 aliphatic carbocycles. The first kappa shape index (κ1) is 14.5. The maximum absolute atomic E-state index is 12.4. The molecule has 4 nitrogen and oxygen atoms in total. The molecule has 5 heteroatoms. The SMILES string of the molecule is COc1ccc(CN)cc1CS(=O)C1CCOCC1. The number of hydrogen-bond acceptors (Lipinski definition) is 4. The van der Waals surface area contributed by atoms with E-state index in [-0.39, 0.29) is 5.25 Å². The van der Waals surface area contributed by atoms with Crippen molar-refractivity contribution in [3.8, 4) is 5.75 Å². The molecule has 1 heterocycles. The lowest BCUT2D eigenvalue weighted by Crippen LogP contribution is -2.25. The lowest BCUT2D eigenvalue weighted by molar-refractivity contribution is 0.0992. The molecule has 0 saturated carbocycles. The predicted octanol–water partition coefficient (Wildman–Crippen LogP) is 1.58. The first-order valence-corrected chi connectivity index (χ1v) is 7.93. The number of nitrogens with two attached hydrogens (primary N) is 1. The molecule has 0 bridgehead atoms. The van der Waals surface area contributed by atoms with E-state index >= 15 is 0 Å². The van der Waals surface area contributed by atoms with Gasteiger partial charge in [-0.25, -0.2) is 0 Å². The number of hydrogen-bond donors (Lipinski definition) is 1. The largest absolute Gasteiger partial charge is 0.496 e. The van der Waals surface area contributed by atoms with E-state index in [1.54, 1.807) is 7.11 Å². The number of benzene rings is 1. The summed E-state index contributed by atoms with van der Waals surface area (Å²) in [5.74, 6) is 1.32. The second kappa shape index (κ2) is 7.03. The Kier molecular flexibility index (Phi) is 5.36. The Bertz CT molecular complexity index is 444. The Balaban J connectivity index is 2.10. The van der Waals surface area contributed by atoms with Gasteiger partial charge < -0.3 is 15.2 Å². The molecule has 0 radical (unpaired) electrons. The van der Waals surface area contributed by atoms with Crippen molar-refractivity contribution in [3.63, 3.8) is 0 Å². The van der Waals surface area contributed by atoms with Crippen LogP contribution in [0.1, 0.15) is 24.0 Å². The highest BCUT2D eigenvalue weighted by molar-refractivity contribution is 7.84. The summed E-state index contributed by atoms with van der Waals surface area (Å²) in [5.41, 5.74) is 7.67. The van der Waals surface area contributed by atoms with Gasteiger partial charge in [0.2, 0.25) is 0 Å². The Morgan fingerprint density at radius 1 is 1.42 bits per heavy atom. The second-order valence-electron chi connectivity index (χ2n) is 4.69. The third kappa shape index (κ3) is 3.78. The summed E-state index contributed by atoms with van der Waals surface area (Å²) in [6.07, 6.45) is 1.76. The van der Waals surface area contributed by atoms with Gasteiger partial charge in [0.05, 0.1) is 12.9 Å². The second-order valence-corrected chi connectivity index (χ2v) is 6.40. The van der Waals surface area contributed by atoms with Crippen molar-refractivity contribution in [2.45, 2.75) is 30.4 Å². The summed E-state index contributed by atoms with van der Waals surface area (Å²) in [6.45, 7) is 1.92. The fourth-order valence-corrected chi connectivity index (χ4v) is 3.77. The summed E-state index contributed by atoms with van der Waals surface area (Å²) in [6, 6.07) is 5.84. The number of ether oxygens (including phenoxy) is 2. The van der Waals surface area contributed by atoms with E-state index in [9.17, 15) is 4.21 Å². The van der Waals surface area contributed by atoms with Gasteiger partial charge in [0.1, 0.15) is 5.75 Å². The first-order chi connectivity index (χ1) is 9.24. The van der Waals surface area contributed by atoms with Gasteiger partial charge in [-0.3, -0.25) is 4.21 Å². The lowest BCUT2D eigenvalue weighted by atomic mass is 10.1. The maximum Gasteiger partial charge on any atom is 0.123 e. The summed E-state index contributed by atoms with van der Waals surface area (Å²) in [7, 11) is 0.757. The smallest absolute Gasteiger partial charge is 0.123 e. The lowest BCUT2D eigenvalue weighted by Gasteiger charge is -2.22. The normalized spacial score (nSPS) is 18.2. The zero-order valence-electron chi connectivity index (χ0n) is 11.3. The van der Waals surface area contributed by atoms with Crippen LogP contribution < -0.4 is 10.5 Å². The van der Waals surface area contributed by atoms with E-state index < -0.39 is 10.8 Å². The molecule has 0 spiro atoms. The van der Waals surface area contributed by atoms with Gasteiger partial charge in [-0.15, -0.1) is 0 Å². The van der Waals surface area contributed by atoms with E-state index in [4.69, 9.17) is 15.2 Å². The van der Waals surface area contributed by atoms with Crippen molar-refractivity contribution in [3.05, 3.63) is 29.3 Å². The van der Waals surface area contributed by atoms with E-state index in [1.807, 2.05) is 18.2 Å². The number of rotatable bonds is 5. The summed E-state index contributed by atoms with van der Waals surface area (Å²) in [5, 5.41) is 0.236. The first-order valence-electron chi connectivity index (χ1n) is 6.55. The molecule has 2 rings (SSSR count). The fourth-order valence-electron chi connectivity index (χ4n) is 2.28. The molecule has 1 unspecified atom stereocenters. The highest BCUT2D eigenvalue weighted by Crippen LogP contribution is 2.24. The van der Waals surface area contributed by atoms with Gasteiger partial charge in [0.15, 0.2) is 0 Å². The minimum Gasteiger partial charge on any atom is -0.496 e. The van der Waals surface area contributed by atoms with Crippen LogP contribution in [0.5, 0.6) is 5.75 Å². The molecular formula is C14H21NO3S. The highest BCUT2D eigenvalue weighted by atomic mass is 32.2. The molecule has 1 aromatic rings. The monoisotopic (exact) mass is 283 g/mol. The van der Waals surface area contributed by atoms with E-state index in [2.05, 4.69) is 0 Å². The summed E-state index contributed by atoms with van der Waals surface area (Å²) in [4.78, 5) is 0. The standard InChI is InChI=1S/C14H21NO3S/c1-17-14-3-2-11(9-15)8-12(14)10-19(16)13-4-6-18-7-5-13/h2-3,8,13H,4-7,9-10,15H2,1H3. The quantitative estimate of drug-likeness (QED) is 0.891. The maximum atomic E-state index is 12.4. The minimum absolute atomic E-state index is 0.236. The number of methoxy groups -OCH3 is 1. The molecule has 1 aliphatic heterocycles. The molecule has 19 heavy (non-hydrogen) atoms. The van der Waals surface area contributed by atoms with Crippen LogP contribution in [0.3, 0.4) is 0 Å². The van der Waals surface area contributed by atoms with Gasteiger partial charge in [0, 0.05) is 41.4 Å². The summed E-state index contributed by atoms with van der Waals surface area (Å²) < 4.78 is 23.0. The predicted molar refractivity (Wildman–Crippen MR) is 76.6 cm³/mol. The van der Waals surface area contributed by atoms with E-state index in [0.29, 0.717) is 12.3 Å². The van der Waals surface area contributed by atoms with Crippen molar-refractivity contribution < 1.29 is 13.7 Å². The van der Waals surface area contributed by atoms with E-state index in [1.165, 1.54) is 0 Å². The van der Waals surface area contributed by atoms with Gasteiger partial charge in [-0.1, -0.05) is 6.07 Å². The average Bonchev–Trinajstić information content (AvgIpc) is 2.48. The Hall–Kier alpha value is -0.910. The van der Waals surface area contributed by atoms with Crippen LogP contribution in [0.25, 0.3) is 0 Å². The van der Waals surface area contributed by atoms with Crippen molar-refractivity contribution >= 4 is 10.8 Å². The third-order valence-electron chi connectivity index (χ3n) is 3.42. The van der Waals surface area contributed by atoms with Crippen LogP contribution in [0.15, 0.2) is 18.2 Å². The average molecular weight is 283 g/mol. The zero-order valence-corrected chi connectivity index (χ0v) is 12.1. The van der Waals surface area contributed by atoms with Crippen molar-refractivity contribution in [2.24, 2.45) is 5.73 Å². The van der Waals surface area contributed by atoms with Gasteiger partial charge in [-0.05, 0) is 30.5 Å². The van der Waals surface area contributed by atoms with Crippen LogP contribution in [-0.4, -0.2) is 29.8 Å². The van der Waals surface area contributed by atoms with Crippen LogP contribution >= 0.6 is 0 Å². The molecule has 1 aliphatic rings. The van der Waals surface area contributed by atoms with Crippen LogP contribution in [0, 0.1) is 0 Å². The van der Waals surface area contributed by atoms with Crippen LogP contribution in [0.4, 0.5) is 0 Å². The molecule has 106 valence electrons. The van der Waals surface area contributed by atoms with Gasteiger partial charge in [0.25, 0.3) is 0 Å². The summed E-state index contributed by atoms with van der Waals surface area (Å²) >= 11 is 0.